The third kappa shape index (κ3) is 2.83. The van der Waals surface area contributed by atoms with E-state index in [9.17, 15) is 4.39 Å². The molecule has 0 bridgehead atoms. The number of nitrogens with zero attached hydrogens (tertiary/aromatic N) is 2. The van der Waals surface area contributed by atoms with Crippen molar-refractivity contribution >= 4 is 16.6 Å². The van der Waals surface area contributed by atoms with E-state index in [0.717, 1.165) is 35.3 Å². The van der Waals surface area contributed by atoms with Gasteiger partial charge in [-0.3, -0.25) is 0 Å². The maximum absolute atomic E-state index is 14.5. The van der Waals surface area contributed by atoms with Gasteiger partial charge in [0.15, 0.2) is 5.82 Å². The van der Waals surface area contributed by atoms with E-state index in [1.807, 2.05) is 24.3 Å². The molecule has 4 heteroatoms. The lowest BCUT2D eigenvalue weighted by Crippen LogP contribution is -2.34. The molecule has 0 saturated heterocycles. The molecule has 1 aliphatic carbocycles. The standard InChI is InChI=1S/C21H18FN3/c1-3-14-8-9-18(19(22)12-14)20-16-6-4-5-7-17(16)21(25-24-20)23-15-10-13(2)11-15/h1,4-9,12-13,15H,10-11H2,2H3,(H,23,25)/t13-,15+. The molecule has 0 aliphatic heterocycles. The number of halogens is 1. The van der Waals surface area contributed by atoms with Crippen LogP contribution in [0.25, 0.3) is 22.0 Å². The van der Waals surface area contributed by atoms with E-state index >= 15 is 0 Å². The molecular formula is C21H18FN3. The van der Waals surface area contributed by atoms with Gasteiger partial charge in [0, 0.05) is 27.9 Å². The van der Waals surface area contributed by atoms with Crippen LogP contribution in [0.3, 0.4) is 0 Å². The van der Waals surface area contributed by atoms with Crippen molar-refractivity contribution < 1.29 is 4.39 Å². The van der Waals surface area contributed by atoms with E-state index in [-0.39, 0.29) is 5.82 Å². The van der Waals surface area contributed by atoms with E-state index in [0.29, 0.717) is 22.9 Å². The van der Waals surface area contributed by atoms with Crippen LogP contribution in [-0.4, -0.2) is 16.2 Å². The number of nitrogens with one attached hydrogen (secondary N) is 1. The van der Waals surface area contributed by atoms with Crippen LogP contribution in [0, 0.1) is 24.1 Å². The number of fused-ring (bicyclic) bond motifs is 1. The van der Waals surface area contributed by atoms with Crippen LogP contribution >= 0.6 is 0 Å². The highest BCUT2D eigenvalue weighted by Crippen LogP contribution is 2.34. The van der Waals surface area contributed by atoms with Crippen LogP contribution < -0.4 is 5.32 Å². The summed E-state index contributed by atoms with van der Waals surface area (Å²) >= 11 is 0. The Balaban J connectivity index is 1.80. The van der Waals surface area contributed by atoms with Crippen molar-refractivity contribution in [3.8, 4) is 23.6 Å². The molecule has 0 radical (unpaired) electrons. The van der Waals surface area contributed by atoms with Gasteiger partial charge in [-0.1, -0.05) is 37.1 Å². The van der Waals surface area contributed by atoms with Crippen LogP contribution in [0.1, 0.15) is 25.3 Å². The van der Waals surface area contributed by atoms with E-state index in [2.05, 4.69) is 28.4 Å². The molecule has 1 heterocycles. The van der Waals surface area contributed by atoms with Gasteiger partial charge in [-0.15, -0.1) is 16.6 Å². The van der Waals surface area contributed by atoms with Gasteiger partial charge in [-0.2, -0.15) is 0 Å². The smallest absolute Gasteiger partial charge is 0.156 e. The van der Waals surface area contributed by atoms with Gasteiger partial charge < -0.3 is 5.32 Å². The lowest BCUT2D eigenvalue weighted by molar-refractivity contribution is 0.308. The summed E-state index contributed by atoms with van der Waals surface area (Å²) in [6.45, 7) is 2.24. The Morgan fingerprint density at radius 1 is 1.12 bits per heavy atom. The van der Waals surface area contributed by atoms with Gasteiger partial charge in [-0.25, -0.2) is 4.39 Å². The van der Waals surface area contributed by atoms with Crippen molar-refractivity contribution in [2.24, 2.45) is 5.92 Å². The van der Waals surface area contributed by atoms with Gasteiger partial charge in [0.05, 0.1) is 0 Å². The number of terminal acetylenes is 1. The summed E-state index contributed by atoms with van der Waals surface area (Å²) in [6, 6.07) is 13.0. The first-order valence-corrected chi connectivity index (χ1v) is 8.44. The van der Waals surface area contributed by atoms with Gasteiger partial charge in [-0.05, 0) is 37.0 Å². The molecule has 0 spiro atoms. The first kappa shape index (κ1) is 15.6. The normalized spacial score (nSPS) is 19.2. The first-order valence-electron chi connectivity index (χ1n) is 8.44. The fourth-order valence-electron chi connectivity index (χ4n) is 3.42. The predicted octanol–water partition coefficient (Wildman–Crippen LogP) is 4.63. The number of aromatic nitrogens is 2. The number of hydrogen-bond donors (Lipinski definition) is 1. The molecule has 1 aromatic heterocycles. The molecule has 3 aromatic rings. The Kier molecular flexibility index (Phi) is 3.85. The van der Waals surface area contributed by atoms with Crippen molar-refractivity contribution in [1.29, 1.82) is 0 Å². The van der Waals surface area contributed by atoms with Crippen molar-refractivity contribution in [2.75, 3.05) is 5.32 Å². The summed E-state index contributed by atoms with van der Waals surface area (Å²) in [6.07, 6.45) is 7.62. The third-order valence-electron chi connectivity index (χ3n) is 4.79. The third-order valence-corrected chi connectivity index (χ3v) is 4.79. The maximum atomic E-state index is 14.5. The van der Waals surface area contributed by atoms with Crippen LogP contribution in [-0.2, 0) is 0 Å². The van der Waals surface area contributed by atoms with Crippen molar-refractivity contribution in [1.82, 2.24) is 10.2 Å². The fourth-order valence-corrected chi connectivity index (χ4v) is 3.42. The van der Waals surface area contributed by atoms with E-state index in [1.165, 1.54) is 6.07 Å². The minimum atomic E-state index is -0.386. The highest BCUT2D eigenvalue weighted by Gasteiger charge is 2.26. The molecule has 1 fully saturated rings. The van der Waals surface area contributed by atoms with Gasteiger partial charge >= 0.3 is 0 Å². The number of rotatable bonds is 3. The second-order valence-corrected chi connectivity index (χ2v) is 6.70. The first-order chi connectivity index (χ1) is 12.2. The lowest BCUT2D eigenvalue weighted by atomic mass is 9.82. The molecule has 1 aliphatic rings. The molecule has 1 N–H and O–H groups in total. The van der Waals surface area contributed by atoms with Crippen molar-refractivity contribution in [2.45, 2.75) is 25.8 Å². The maximum Gasteiger partial charge on any atom is 0.156 e. The van der Waals surface area contributed by atoms with E-state index in [1.54, 1.807) is 12.1 Å². The fraction of sp³-hybridized carbons (Fsp3) is 0.238. The predicted molar refractivity (Wildman–Crippen MR) is 98.7 cm³/mol. The minimum Gasteiger partial charge on any atom is -0.365 e. The Bertz CT molecular complexity index is 984. The molecule has 0 amide bonds. The summed E-state index contributed by atoms with van der Waals surface area (Å²) in [5.41, 5.74) is 1.45. The SMILES string of the molecule is C#Cc1ccc(-c2nnc(N[C@H]3C[C@@H](C)C3)c3ccccc23)c(F)c1. The van der Waals surface area contributed by atoms with E-state index in [4.69, 9.17) is 6.42 Å². The highest BCUT2D eigenvalue weighted by molar-refractivity contribution is 6.00. The Hall–Kier alpha value is -2.93. The zero-order valence-electron chi connectivity index (χ0n) is 14.0. The second-order valence-electron chi connectivity index (χ2n) is 6.70. The summed E-state index contributed by atoms with van der Waals surface area (Å²) in [4.78, 5) is 0. The summed E-state index contributed by atoms with van der Waals surface area (Å²) in [5, 5.41) is 14.0. The second kappa shape index (κ2) is 6.18. The van der Waals surface area contributed by atoms with Crippen molar-refractivity contribution in [3.63, 3.8) is 0 Å². The van der Waals surface area contributed by atoms with Crippen LogP contribution in [0.2, 0.25) is 0 Å². The van der Waals surface area contributed by atoms with Crippen LogP contribution in [0.15, 0.2) is 42.5 Å². The molecule has 124 valence electrons. The topological polar surface area (TPSA) is 37.8 Å². The van der Waals surface area contributed by atoms with E-state index < -0.39 is 0 Å². The van der Waals surface area contributed by atoms with Crippen LogP contribution in [0.5, 0.6) is 0 Å². The molecule has 0 atom stereocenters. The average molecular weight is 331 g/mol. The number of anilines is 1. The molecular weight excluding hydrogens is 313 g/mol. The largest absolute Gasteiger partial charge is 0.365 e. The molecule has 1 saturated carbocycles. The van der Waals surface area contributed by atoms with Gasteiger partial charge in [0.1, 0.15) is 11.5 Å². The zero-order chi connectivity index (χ0) is 17.4. The van der Waals surface area contributed by atoms with Crippen LogP contribution in [0.4, 0.5) is 10.2 Å². The average Bonchev–Trinajstić information content (AvgIpc) is 2.61. The Morgan fingerprint density at radius 2 is 1.88 bits per heavy atom. The quantitative estimate of drug-likeness (QED) is 0.711. The van der Waals surface area contributed by atoms with Gasteiger partial charge in [0.2, 0.25) is 0 Å². The monoisotopic (exact) mass is 331 g/mol. The molecule has 0 unspecified atom stereocenters. The molecule has 4 rings (SSSR count). The summed E-state index contributed by atoms with van der Waals surface area (Å²) in [7, 11) is 0. The number of benzene rings is 2. The molecule has 2 aromatic carbocycles. The van der Waals surface area contributed by atoms with Crippen molar-refractivity contribution in [3.05, 3.63) is 53.8 Å². The molecule has 25 heavy (non-hydrogen) atoms. The minimum absolute atomic E-state index is 0.386. The summed E-state index contributed by atoms with van der Waals surface area (Å²) in [5.74, 6) is 3.57. The Morgan fingerprint density at radius 3 is 2.56 bits per heavy atom. The zero-order valence-corrected chi connectivity index (χ0v) is 14.0. The Labute approximate surface area is 146 Å². The highest BCUT2D eigenvalue weighted by atomic mass is 19.1. The molecule has 3 nitrogen and oxygen atoms in total. The lowest BCUT2D eigenvalue weighted by Gasteiger charge is -2.33. The number of hydrogen-bond acceptors (Lipinski definition) is 3. The van der Waals surface area contributed by atoms with Gasteiger partial charge in [0.25, 0.3) is 0 Å². The summed E-state index contributed by atoms with van der Waals surface area (Å²) < 4.78 is 14.5.